The highest BCUT2D eigenvalue weighted by Gasteiger charge is 2.14. The first kappa shape index (κ1) is 9.71. The lowest BCUT2D eigenvalue weighted by Crippen LogP contribution is -2.03. The Bertz CT molecular complexity index is 554. The van der Waals surface area contributed by atoms with Crippen molar-refractivity contribution in [3.8, 4) is 11.1 Å². The summed E-state index contributed by atoms with van der Waals surface area (Å²) in [6.07, 6.45) is 0. The van der Waals surface area contributed by atoms with Gasteiger partial charge >= 0.3 is 0 Å². The first-order valence-corrected chi connectivity index (χ1v) is 4.61. The van der Waals surface area contributed by atoms with Gasteiger partial charge in [0.25, 0.3) is 5.56 Å². The number of aromatic nitrogens is 2. The molecule has 2 aromatic rings. The number of nitrogens with zero attached hydrogens (tertiary/aromatic N) is 1. The molecule has 3 nitrogen and oxygen atoms in total. The molecule has 15 heavy (non-hydrogen) atoms. The first-order chi connectivity index (χ1) is 7.09. The summed E-state index contributed by atoms with van der Waals surface area (Å²) in [6.45, 7) is 1.90. The summed E-state index contributed by atoms with van der Waals surface area (Å²) in [7, 11) is 1.47. The van der Waals surface area contributed by atoms with Crippen molar-refractivity contribution in [2.24, 2.45) is 7.05 Å². The fourth-order valence-electron chi connectivity index (χ4n) is 1.57. The molecule has 0 spiro atoms. The first-order valence-electron chi connectivity index (χ1n) is 4.61. The van der Waals surface area contributed by atoms with Crippen molar-refractivity contribution in [2.75, 3.05) is 0 Å². The molecule has 0 saturated carbocycles. The topological polar surface area (TPSA) is 37.8 Å². The molecule has 1 aromatic carbocycles. The van der Waals surface area contributed by atoms with E-state index in [2.05, 4.69) is 5.10 Å². The van der Waals surface area contributed by atoms with Crippen molar-refractivity contribution >= 4 is 0 Å². The standard InChI is InChI=1S/C11H11FN2O/c1-7-4-3-5-8(6-7)9-10(12)14(2)13-11(9)15/h3-6H,1-2H3,(H,13,15). The summed E-state index contributed by atoms with van der Waals surface area (Å²) in [4.78, 5) is 11.5. The number of halogens is 1. The Kier molecular flexibility index (Phi) is 2.19. The molecule has 0 amide bonds. The van der Waals surface area contributed by atoms with Crippen LogP contribution in [-0.4, -0.2) is 9.78 Å². The second-order valence-corrected chi connectivity index (χ2v) is 3.54. The van der Waals surface area contributed by atoms with Crippen LogP contribution in [0.5, 0.6) is 0 Å². The third-order valence-electron chi connectivity index (χ3n) is 2.30. The second kappa shape index (κ2) is 3.38. The number of benzene rings is 1. The monoisotopic (exact) mass is 206 g/mol. The van der Waals surface area contributed by atoms with E-state index in [4.69, 9.17) is 0 Å². The van der Waals surface area contributed by atoms with Gasteiger partial charge in [-0.2, -0.15) is 4.39 Å². The van der Waals surface area contributed by atoms with Crippen molar-refractivity contribution in [2.45, 2.75) is 6.92 Å². The zero-order valence-electron chi connectivity index (χ0n) is 8.54. The summed E-state index contributed by atoms with van der Waals surface area (Å²) in [5.74, 6) is -0.536. The van der Waals surface area contributed by atoms with Gasteiger partial charge in [-0.25, -0.2) is 0 Å². The Morgan fingerprint density at radius 1 is 1.40 bits per heavy atom. The van der Waals surface area contributed by atoms with E-state index in [0.29, 0.717) is 5.56 Å². The predicted molar refractivity (Wildman–Crippen MR) is 56.2 cm³/mol. The van der Waals surface area contributed by atoms with E-state index in [-0.39, 0.29) is 5.56 Å². The van der Waals surface area contributed by atoms with Gasteiger partial charge in [-0.05, 0) is 12.5 Å². The molecule has 0 radical (unpaired) electrons. The Balaban J connectivity index is 2.69. The number of H-pyrrole nitrogens is 1. The van der Waals surface area contributed by atoms with Gasteiger partial charge < -0.3 is 0 Å². The quantitative estimate of drug-likeness (QED) is 0.759. The van der Waals surface area contributed by atoms with Crippen molar-refractivity contribution in [3.63, 3.8) is 0 Å². The average Bonchev–Trinajstić information content (AvgIpc) is 2.41. The van der Waals surface area contributed by atoms with E-state index in [1.54, 1.807) is 18.2 Å². The Labute approximate surface area is 86.2 Å². The van der Waals surface area contributed by atoms with E-state index in [0.717, 1.165) is 10.2 Å². The maximum absolute atomic E-state index is 13.6. The van der Waals surface area contributed by atoms with Crippen molar-refractivity contribution in [3.05, 3.63) is 46.1 Å². The number of nitrogens with one attached hydrogen (secondary N) is 1. The molecule has 0 saturated heterocycles. The molecular weight excluding hydrogens is 195 g/mol. The van der Waals surface area contributed by atoms with Gasteiger partial charge in [0.1, 0.15) is 5.56 Å². The van der Waals surface area contributed by atoms with Crippen LogP contribution in [-0.2, 0) is 7.05 Å². The molecule has 0 atom stereocenters. The molecule has 0 unspecified atom stereocenters. The number of hydrogen-bond acceptors (Lipinski definition) is 1. The lowest BCUT2D eigenvalue weighted by atomic mass is 10.1. The largest absolute Gasteiger partial charge is 0.275 e. The number of hydrogen-bond donors (Lipinski definition) is 1. The predicted octanol–water partition coefficient (Wildman–Crippen LogP) is 1.83. The smallest absolute Gasteiger partial charge is 0.267 e. The Hall–Kier alpha value is -1.84. The molecule has 2 rings (SSSR count). The van der Waals surface area contributed by atoms with Crippen LogP contribution in [0.15, 0.2) is 29.1 Å². The molecular formula is C11H11FN2O. The van der Waals surface area contributed by atoms with Crippen LogP contribution in [0.2, 0.25) is 0 Å². The van der Waals surface area contributed by atoms with Crippen molar-refractivity contribution in [1.82, 2.24) is 9.78 Å². The minimum Gasteiger partial charge on any atom is -0.267 e. The molecule has 0 aliphatic carbocycles. The number of rotatable bonds is 1. The maximum atomic E-state index is 13.6. The minimum absolute atomic E-state index is 0.0983. The van der Waals surface area contributed by atoms with Crippen LogP contribution in [0.1, 0.15) is 5.56 Å². The van der Waals surface area contributed by atoms with Crippen molar-refractivity contribution in [1.29, 1.82) is 0 Å². The fourth-order valence-corrected chi connectivity index (χ4v) is 1.57. The fraction of sp³-hybridized carbons (Fsp3) is 0.182. The van der Waals surface area contributed by atoms with E-state index >= 15 is 0 Å². The summed E-state index contributed by atoms with van der Waals surface area (Å²) >= 11 is 0. The van der Waals surface area contributed by atoms with Gasteiger partial charge in [0.15, 0.2) is 0 Å². The minimum atomic E-state index is -0.536. The van der Waals surface area contributed by atoms with E-state index < -0.39 is 11.5 Å². The van der Waals surface area contributed by atoms with Gasteiger partial charge in [-0.15, -0.1) is 0 Å². The Morgan fingerprint density at radius 2 is 2.13 bits per heavy atom. The summed E-state index contributed by atoms with van der Waals surface area (Å²) in [5, 5.41) is 2.38. The highest BCUT2D eigenvalue weighted by molar-refractivity contribution is 5.63. The van der Waals surface area contributed by atoms with E-state index in [1.807, 2.05) is 13.0 Å². The van der Waals surface area contributed by atoms with Gasteiger partial charge in [0.05, 0.1) is 0 Å². The highest BCUT2D eigenvalue weighted by Crippen LogP contribution is 2.19. The van der Waals surface area contributed by atoms with Crippen LogP contribution in [0.25, 0.3) is 11.1 Å². The number of aryl methyl sites for hydroxylation is 2. The maximum Gasteiger partial charge on any atom is 0.275 e. The molecule has 0 aliphatic heterocycles. The molecule has 0 bridgehead atoms. The van der Waals surface area contributed by atoms with Gasteiger partial charge in [-0.3, -0.25) is 14.6 Å². The van der Waals surface area contributed by atoms with E-state index in [1.165, 1.54) is 7.05 Å². The van der Waals surface area contributed by atoms with Crippen LogP contribution in [0.3, 0.4) is 0 Å². The van der Waals surface area contributed by atoms with Crippen molar-refractivity contribution < 1.29 is 4.39 Å². The molecule has 0 aliphatic rings. The van der Waals surface area contributed by atoms with Crippen LogP contribution >= 0.6 is 0 Å². The number of aromatic amines is 1. The van der Waals surface area contributed by atoms with E-state index in [9.17, 15) is 9.18 Å². The second-order valence-electron chi connectivity index (χ2n) is 3.54. The average molecular weight is 206 g/mol. The molecule has 4 heteroatoms. The van der Waals surface area contributed by atoms with Gasteiger partial charge in [-0.1, -0.05) is 29.8 Å². The van der Waals surface area contributed by atoms with Gasteiger partial charge in [0, 0.05) is 7.05 Å². The molecule has 1 N–H and O–H groups in total. The molecule has 0 fully saturated rings. The zero-order valence-corrected chi connectivity index (χ0v) is 8.54. The summed E-state index contributed by atoms with van der Waals surface area (Å²) in [6, 6.07) is 7.21. The lowest BCUT2D eigenvalue weighted by Gasteiger charge is -1.98. The SMILES string of the molecule is Cc1cccc(-c2c(F)n(C)[nH]c2=O)c1. The third-order valence-corrected chi connectivity index (χ3v) is 2.30. The van der Waals surface area contributed by atoms with Crippen LogP contribution in [0.4, 0.5) is 4.39 Å². The summed E-state index contributed by atoms with van der Waals surface area (Å²) in [5.41, 5.74) is 1.30. The summed E-state index contributed by atoms with van der Waals surface area (Å²) < 4.78 is 14.7. The van der Waals surface area contributed by atoms with Gasteiger partial charge in [0.2, 0.25) is 5.95 Å². The third kappa shape index (κ3) is 1.58. The Morgan fingerprint density at radius 3 is 2.67 bits per heavy atom. The lowest BCUT2D eigenvalue weighted by molar-refractivity contribution is 0.505. The van der Waals surface area contributed by atoms with Crippen LogP contribution < -0.4 is 5.56 Å². The van der Waals surface area contributed by atoms with Crippen LogP contribution in [0, 0.1) is 12.9 Å². The molecule has 1 heterocycles. The zero-order chi connectivity index (χ0) is 11.0. The molecule has 78 valence electrons. The molecule has 1 aromatic heterocycles. The highest BCUT2D eigenvalue weighted by atomic mass is 19.1. The normalized spacial score (nSPS) is 10.6.